The molecule has 0 unspecified atom stereocenters. The van der Waals surface area contributed by atoms with Gasteiger partial charge in [0.15, 0.2) is 9.84 Å². The molecule has 2 aliphatic heterocycles. The van der Waals surface area contributed by atoms with Crippen LogP contribution >= 0.6 is 0 Å². The number of carbonyl (C=O) groups is 2. The van der Waals surface area contributed by atoms with Gasteiger partial charge in [0.25, 0.3) is 0 Å². The van der Waals surface area contributed by atoms with E-state index in [4.69, 9.17) is 4.74 Å². The standard InChI is InChI=1S/C20H29N3O5S/c1-22-15(6-9-18(24)28-2)12-21-20(25)19-17(22)10-11-23(19)13-14-4-7-16(8-5-14)29(3,26)27/h4-5,7-8,15,17,19H,6,9-13H2,1-3H3,(H,21,25)/t15-,17+,19-/m0/s1. The summed E-state index contributed by atoms with van der Waals surface area (Å²) in [7, 11) is 0.178. The summed E-state index contributed by atoms with van der Waals surface area (Å²) in [5, 5.41) is 3.03. The minimum Gasteiger partial charge on any atom is -0.469 e. The summed E-state index contributed by atoms with van der Waals surface area (Å²) in [4.78, 5) is 29.0. The Balaban J connectivity index is 1.70. The first kappa shape index (κ1) is 21.7. The van der Waals surface area contributed by atoms with E-state index in [0.717, 1.165) is 18.5 Å². The molecule has 160 valence electrons. The third kappa shape index (κ3) is 4.96. The van der Waals surface area contributed by atoms with Crippen LogP contribution in [0.2, 0.25) is 0 Å². The Morgan fingerprint density at radius 2 is 1.97 bits per heavy atom. The van der Waals surface area contributed by atoms with Crippen LogP contribution in [-0.4, -0.2) is 81.7 Å². The lowest BCUT2D eigenvalue weighted by atomic mass is 10.0. The first-order chi connectivity index (χ1) is 13.7. The number of esters is 1. The topological polar surface area (TPSA) is 96.0 Å². The van der Waals surface area contributed by atoms with Gasteiger partial charge in [-0.2, -0.15) is 0 Å². The minimum atomic E-state index is -3.22. The predicted molar refractivity (Wildman–Crippen MR) is 108 cm³/mol. The van der Waals surface area contributed by atoms with Gasteiger partial charge in [0.05, 0.1) is 12.0 Å². The monoisotopic (exact) mass is 423 g/mol. The van der Waals surface area contributed by atoms with E-state index in [-0.39, 0.29) is 30.0 Å². The number of amides is 1. The van der Waals surface area contributed by atoms with Crippen molar-refractivity contribution >= 4 is 21.7 Å². The predicted octanol–water partition coefficient (Wildman–Crippen LogP) is 0.416. The number of likely N-dealkylation sites (tertiary alicyclic amines) is 1. The number of fused-ring (bicyclic) bond motifs is 1. The van der Waals surface area contributed by atoms with Gasteiger partial charge in [-0.15, -0.1) is 0 Å². The van der Waals surface area contributed by atoms with E-state index < -0.39 is 9.84 Å². The lowest BCUT2D eigenvalue weighted by molar-refractivity contribution is -0.141. The molecular weight excluding hydrogens is 394 g/mol. The molecule has 2 fully saturated rings. The molecule has 3 rings (SSSR count). The van der Waals surface area contributed by atoms with Crippen molar-refractivity contribution in [3.05, 3.63) is 29.8 Å². The second kappa shape index (κ2) is 8.81. The second-order valence-electron chi connectivity index (χ2n) is 7.87. The number of carbonyl (C=O) groups excluding carboxylic acids is 2. The molecule has 0 saturated carbocycles. The summed E-state index contributed by atoms with van der Waals surface area (Å²) < 4.78 is 28.0. The molecule has 9 heteroatoms. The van der Waals surface area contributed by atoms with Crippen molar-refractivity contribution in [3.63, 3.8) is 0 Å². The van der Waals surface area contributed by atoms with Gasteiger partial charge in [0.2, 0.25) is 5.91 Å². The van der Waals surface area contributed by atoms with Gasteiger partial charge in [-0.05, 0) is 37.6 Å². The molecular formula is C20H29N3O5S. The van der Waals surface area contributed by atoms with Crippen LogP contribution in [0.1, 0.15) is 24.8 Å². The molecule has 0 aromatic heterocycles. The molecule has 29 heavy (non-hydrogen) atoms. The summed E-state index contributed by atoms with van der Waals surface area (Å²) in [6.45, 7) is 1.88. The fourth-order valence-corrected chi connectivity index (χ4v) is 4.92. The maximum Gasteiger partial charge on any atom is 0.305 e. The smallest absolute Gasteiger partial charge is 0.305 e. The molecule has 8 nitrogen and oxygen atoms in total. The SMILES string of the molecule is COC(=O)CC[C@H]1CNC(=O)[C@@H]2[C@@H](CCN2Cc2ccc(S(C)(=O)=O)cc2)N1C. The number of ether oxygens (including phenoxy) is 1. The van der Waals surface area contributed by atoms with Gasteiger partial charge in [0, 0.05) is 44.4 Å². The molecule has 0 bridgehead atoms. The summed E-state index contributed by atoms with van der Waals surface area (Å²) in [6.07, 6.45) is 3.02. The lowest BCUT2D eigenvalue weighted by Crippen LogP contribution is -2.49. The molecule has 1 N–H and O–H groups in total. The highest BCUT2D eigenvalue weighted by molar-refractivity contribution is 7.90. The number of nitrogens with one attached hydrogen (secondary N) is 1. The van der Waals surface area contributed by atoms with Crippen molar-refractivity contribution < 1.29 is 22.7 Å². The Kier molecular flexibility index (Phi) is 6.60. The Morgan fingerprint density at radius 3 is 2.59 bits per heavy atom. The van der Waals surface area contributed by atoms with E-state index in [9.17, 15) is 18.0 Å². The van der Waals surface area contributed by atoms with Crippen molar-refractivity contribution in [2.24, 2.45) is 0 Å². The van der Waals surface area contributed by atoms with Crippen LogP contribution in [0, 0.1) is 0 Å². The van der Waals surface area contributed by atoms with Gasteiger partial charge < -0.3 is 10.1 Å². The van der Waals surface area contributed by atoms with Crippen LogP contribution in [-0.2, 0) is 30.7 Å². The highest BCUT2D eigenvalue weighted by atomic mass is 32.2. The van der Waals surface area contributed by atoms with Gasteiger partial charge in [-0.25, -0.2) is 8.42 Å². The van der Waals surface area contributed by atoms with E-state index in [1.807, 2.05) is 7.05 Å². The molecule has 2 heterocycles. The van der Waals surface area contributed by atoms with Crippen molar-refractivity contribution in [1.29, 1.82) is 0 Å². The number of nitrogens with zero attached hydrogens (tertiary/aromatic N) is 2. The first-order valence-electron chi connectivity index (χ1n) is 9.80. The van der Waals surface area contributed by atoms with E-state index in [0.29, 0.717) is 30.8 Å². The Bertz CT molecular complexity index is 855. The number of likely N-dealkylation sites (N-methyl/N-ethyl adjacent to an activating group) is 1. The summed E-state index contributed by atoms with van der Waals surface area (Å²) in [6, 6.07) is 6.73. The molecule has 1 aromatic rings. The van der Waals surface area contributed by atoms with Crippen molar-refractivity contribution in [2.75, 3.05) is 33.5 Å². The second-order valence-corrected chi connectivity index (χ2v) is 9.88. The largest absolute Gasteiger partial charge is 0.469 e. The van der Waals surface area contributed by atoms with Gasteiger partial charge in [-0.1, -0.05) is 12.1 Å². The number of hydrogen-bond acceptors (Lipinski definition) is 7. The van der Waals surface area contributed by atoms with E-state index in [2.05, 4.69) is 15.1 Å². The number of benzene rings is 1. The average molecular weight is 424 g/mol. The van der Waals surface area contributed by atoms with Crippen molar-refractivity contribution in [3.8, 4) is 0 Å². The van der Waals surface area contributed by atoms with Gasteiger partial charge in [0.1, 0.15) is 6.04 Å². The molecule has 2 saturated heterocycles. The van der Waals surface area contributed by atoms with Crippen LogP contribution in [0.4, 0.5) is 0 Å². The van der Waals surface area contributed by atoms with Crippen molar-refractivity contribution in [1.82, 2.24) is 15.1 Å². The van der Waals surface area contributed by atoms with Crippen LogP contribution in [0.15, 0.2) is 29.2 Å². The molecule has 0 spiro atoms. The molecule has 1 amide bonds. The van der Waals surface area contributed by atoms with Gasteiger partial charge >= 0.3 is 5.97 Å². The minimum absolute atomic E-state index is 0.00711. The molecule has 2 aliphatic rings. The number of hydrogen-bond donors (Lipinski definition) is 1. The van der Waals surface area contributed by atoms with Crippen LogP contribution in [0.5, 0.6) is 0 Å². The molecule has 3 atom stereocenters. The summed E-state index contributed by atoms with van der Waals surface area (Å²) in [5.74, 6) is -0.233. The van der Waals surface area contributed by atoms with Crippen LogP contribution < -0.4 is 5.32 Å². The van der Waals surface area contributed by atoms with E-state index >= 15 is 0 Å². The zero-order valence-corrected chi connectivity index (χ0v) is 17.9. The normalized spacial score (nSPS) is 25.9. The van der Waals surface area contributed by atoms with Crippen LogP contribution in [0.25, 0.3) is 0 Å². The highest BCUT2D eigenvalue weighted by Crippen LogP contribution is 2.28. The summed E-state index contributed by atoms with van der Waals surface area (Å²) >= 11 is 0. The highest BCUT2D eigenvalue weighted by Gasteiger charge is 2.44. The average Bonchev–Trinajstić information content (AvgIpc) is 3.05. The Morgan fingerprint density at radius 1 is 1.28 bits per heavy atom. The zero-order chi connectivity index (χ0) is 21.2. The maximum atomic E-state index is 12.8. The lowest BCUT2D eigenvalue weighted by Gasteiger charge is -2.33. The zero-order valence-electron chi connectivity index (χ0n) is 17.1. The number of methoxy groups -OCH3 is 1. The maximum absolute atomic E-state index is 12.8. The molecule has 0 radical (unpaired) electrons. The Hall–Kier alpha value is -1.97. The Labute approximate surface area is 172 Å². The fraction of sp³-hybridized carbons (Fsp3) is 0.600. The molecule has 0 aliphatic carbocycles. The quantitative estimate of drug-likeness (QED) is 0.663. The number of sulfone groups is 1. The van der Waals surface area contributed by atoms with E-state index in [1.54, 1.807) is 24.3 Å². The van der Waals surface area contributed by atoms with Gasteiger partial charge in [-0.3, -0.25) is 19.4 Å². The van der Waals surface area contributed by atoms with E-state index in [1.165, 1.54) is 13.4 Å². The number of rotatable bonds is 6. The third-order valence-corrected chi connectivity index (χ3v) is 7.12. The summed E-state index contributed by atoms with van der Waals surface area (Å²) in [5.41, 5.74) is 0.972. The molecule has 1 aromatic carbocycles. The fourth-order valence-electron chi connectivity index (χ4n) is 4.29. The van der Waals surface area contributed by atoms with Crippen molar-refractivity contribution in [2.45, 2.75) is 48.8 Å². The first-order valence-corrected chi connectivity index (χ1v) is 11.7. The van der Waals surface area contributed by atoms with Crippen LogP contribution in [0.3, 0.4) is 0 Å². The third-order valence-electron chi connectivity index (χ3n) is 6.00.